The first kappa shape index (κ1) is 109. The van der Waals surface area contributed by atoms with E-state index in [9.17, 15) is 88.2 Å². The smallest absolute Gasteiger partial charge is 0.408 e. The Morgan fingerprint density at radius 3 is 1.15 bits per heavy atom. The largest absolute Gasteiger partial charge is 0.455 e. The predicted octanol–water partition coefficient (Wildman–Crippen LogP) is 8.50. The van der Waals surface area contributed by atoms with E-state index in [4.69, 9.17) is 56.8 Å². The minimum Gasteiger partial charge on any atom is -0.455 e. The molecule has 144 heavy (non-hydrogen) atoms. The average molecular weight is 2020 g/mol. The van der Waals surface area contributed by atoms with Gasteiger partial charge in [-0.1, -0.05) is 125 Å². The standard InChI is InChI=1S/C53H64N2O17S.C52H62N2O17/c1-28-32(68-47(64)41(39(30-18-12-10-13-19-30)54-48(65)72-49(3,4)5)69-37(59)22-16-17-23-55-36(58)24-33(73-9)45(55)62)26-53(66)44(70-46(63)31-20-14-11-15-21-31)42-51(8,43(61)40(60)38(28)50(53,6)7)34(57)25-35-52(42,27-67-35)71-29(2)56;1-28-32(67-46(63)41(68-37(59)21-15-16-24-54-35(57)22-23-36(54)58)39(30-17-11-9-12-18-30)53-47(64)71-48(3,4)5)26-52(65)44(69-45(62)31-19-13-10-14-20-31)42-50(8,43(61)40(60)38(28)49(52,6)7)33(56)25-34-51(42,27-66-34)70-29(2)55/h10-15,18-21,24,32,34-35,39-42,44,57,60,66H,16-17,22-23,25-27H2,1-9H3,(H,54,65);9-14,17-20,22-23,32-34,39-42,44,56,60,65H,15-16,21,24-27H2,1-8H3,(H,53,64)/t32-,34-,35?,39-,40+,41+,42?,44-,51?,52-,53+;32-,33-,34?,39-,40+,41+,42?,44-,50?,51-,52+/m00/s1. The number of alkyl carbamates (subject to hydrolysis) is 2. The summed E-state index contributed by atoms with van der Waals surface area (Å²) < 4.78 is 72.2. The zero-order valence-corrected chi connectivity index (χ0v) is 84.1. The van der Waals surface area contributed by atoms with Crippen LogP contribution in [0, 0.1) is 33.5 Å². The molecular formula is C105H126N4O34S. The molecule has 22 atom stereocenters. The Bertz CT molecular complexity index is 5790. The van der Waals surface area contributed by atoms with Crippen LogP contribution in [0.3, 0.4) is 0 Å². The van der Waals surface area contributed by atoms with Gasteiger partial charge in [-0.3, -0.25) is 57.7 Å². The lowest BCUT2D eigenvalue weighted by molar-refractivity contribution is -0.346. The van der Waals surface area contributed by atoms with Crippen LogP contribution < -0.4 is 10.6 Å². The summed E-state index contributed by atoms with van der Waals surface area (Å²) in [4.78, 5) is 222. The van der Waals surface area contributed by atoms with Crippen molar-refractivity contribution in [3.63, 3.8) is 0 Å². The van der Waals surface area contributed by atoms with E-state index in [0.717, 1.165) is 47.6 Å². The number of unbranched alkanes of at least 4 members (excludes halogenated alkanes) is 2. The molecule has 6 aliphatic carbocycles. The van der Waals surface area contributed by atoms with Crippen LogP contribution in [0.4, 0.5) is 9.59 Å². The number of hydrogen-bond donors (Lipinski definition) is 8. The van der Waals surface area contributed by atoms with Gasteiger partial charge in [-0.15, -0.1) is 11.8 Å². The van der Waals surface area contributed by atoms with Crippen molar-refractivity contribution in [1.29, 1.82) is 0 Å². The van der Waals surface area contributed by atoms with Crippen LogP contribution in [-0.2, 0) is 114 Å². The van der Waals surface area contributed by atoms with Crippen molar-refractivity contribution in [1.82, 2.24) is 20.4 Å². The van der Waals surface area contributed by atoms with Crippen LogP contribution in [0.1, 0.15) is 219 Å². The normalized spacial score (nSPS) is 30.4. The summed E-state index contributed by atoms with van der Waals surface area (Å²) in [7, 11) is 0. The van der Waals surface area contributed by atoms with Crippen LogP contribution in [0.2, 0.25) is 0 Å². The summed E-state index contributed by atoms with van der Waals surface area (Å²) in [5.41, 5.74) is -17.6. The lowest BCUT2D eigenvalue weighted by Crippen LogP contribution is -2.81. The van der Waals surface area contributed by atoms with Crippen molar-refractivity contribution < 1.29 is 164 Å². The number of nitrogens with one attached hydrogen (secondary N) is 2. The second kappa shape index (κ2) is 42.1. The maximum Gasteiger partial charge on any atom is 0.408 e. The van der Waals surface area contributed by atoms with Crippen molar-refractivity contribution in [2.24, 2.45) is 33.5 Å². The number of imide groups is 2. The summed E-state index contributed by atoms with van der Waals surface area (Å²) in [6.45, 7) is 23.1. The Balaban J connectivity index is 0.000000242. The van der Waals surface area contributed by atoms with Crippen molar-refractivity contribution in [3.8, 4) is 0 Å². The molecule has 14 rings (SSSR count). The lowest BCUT2D eigenvalue weighted by Gasteiger charge is -2.67. The minimum absolute atomic E-state index is 0.00333. The zero-order chi connectivity index (χ0) is 106. The molecule has 2 saturated heterocycles. The fourth-order valence-electron chi connectivity index (χ4n) is 22.3. The molecule has 6 unspecified atom stereocenters. The molecule has 0 aromatic heterocycles. The van der Waals surface area contributed by atoms with E-state index in [1.54, 1.807) is 145 Å². The lowest BCUT2D eigenvalue weighted by atomic mass is 9.44. The Kier molecular flexibility index (Phi) is 31.9. The Hall–Kier alpha value is -12.2. The quantitative estimate of drug-likeness (QED) is 0.00829. The fraction of sp³-hybridized carbons (Fsp3) is 0.543. The van der Waals surface area contributed by atoms with Gasteiger partial charge in [-0.2, -0.15) is 0 Å². The molecule has 39 heteroatoms. The number of Topliss-reactive ketones (excluding diaryl/α,β-unsaturated/α-hetero) is 2. The molecule has 4 aromatic carbocycles. The Morgan fingerprint density at radius 2 is 0.833 bits per heavy atom. The third-order valence-electron chi connectivity index (χ3n) is 29.7. The Labute approximate surface area is 836 Å². The van der Waals surface area contributed by atoms with Gasteiger partial charge in [0.25, 0.3) is 23.6 Å². The molecule has 10 aliphatic rings. The van der Waals surface area contributed by atoms with Crippen LogP contribution >= 0.6 is 11.8 Å². The highest BCUT2D eigenvalue weighted by Gasteiger charge is 2.81. The maximum atomic E-state index is 15.3. The Morgan fingerprint density at radius 1 is 0.486 bits per heavy atom. The van der Waals surface area contributed by atoms with Gasteiger partial charge < -0.3 is 98.1 Å². The van der Waals surface area contributed by atoms with Gasteiger partial charge in [-0.05, 0) is 159 Å². The number of ether oxygens (including phenoxy) is 12. The predicted molar refractivity (Wildman–Crippen MR) is 507 cm³/mol. The fourth-order valence-corrected chi connectivity index (χ4v) is 22.8. The second-order valence-corrected chi connectivity index (χ2v) is 42.5. The van der Waals surface area contributed by atoms with Gasteiger partial charge in [0.15, 0.2) is 22.8 Å². The topological polar surface area (TPSA) is 536 Å². The van der Waals surface area contributed by atoms with Crippen LogP contribution in [0.5, 0.6) is 0 Å². The van der Waals surface area contributed by atoms with Gasteiger partial charge in [0.2, 0.25) is 12.2 Å². The number of hydrogen-bond acceptors (Lipinski definition) is 35. The van der Waals surface area contributed by atoms with Gasteiger partial charge in [-0.25, -0.2) is 28.8 Å². The van der Waals surface area contributed by atoms with Crippen LogP contribution in [-0.4, -0.2) is 275 Å². The maximum absolute atomic E-state index is 15.3. The molecule has 0 spiro atoms. The summed E-state index contributed by atoms with van der Waals surface area (Å²) >= 11 is 1.14. The van der Waals surface area contributed by atoms with E-state index < -0.39 is 260 Å². The molecule has 4 aliphatic heterocycles. The van der Waals surface area contributed by atoms with Crippen molar-refractivity contribution in [3.05, 3.63) is 189 Å². The molecule has 0 radical (unpaired) electrons. The van der Waals surface area contributed by atoms with E-state index in [0.29, 0.717) is 0 Å². The van der Waals surface area contributed by atoms with E-state index in [-0.39, 0.29) is 127 Å². The van der Waals surface area contributed by atoms with Crippen molar-refractivity contribution in [2.75, 3.05) is 32.6 Å². The molecule has 38 nitrogen and oxygen atoms in total. The second-order valence-electron chi connectivity index (χ2n) is 41.7. The number of rotatable bonds is 29. The number of nitrogens with zero attached hydrogens (tertiary/aromatic N) is 2. The highest BCUT2D eigenvalue weighted by molar-refractivity contribution is 8.03. The molecule has 4 heterocycles. The van der Waals surface area contributed by atoms with E-state index in [1.807, 2.05) is 0 Å². The number of aliphatic hydroxyl groups excluding tert-OH is 4. The number of ketones is 2. The highest BCUT2D eigenvalue weighted by Crippen LogP contribution is 2.67. The monoisotopic (exact) mass is 2020 g/mol. The molecule has 8 N–H and O–H groups in total. The molecule has 4 bridgehead atoms. The first-order chi connectivity index (χ1) is 67.5. The van der Waals surface area contributed by atoms with Crippen LogP contribution in [0.25, 0.3) is 0 Å². The molecular weight excluding hydrogens is 1890 g/mol. The number of amides is 6. The number of benzene rings is 4. The van der Waals surface area contributed by atoms with Gasteiger partial charge >= 0.3 is 59.9 Å². The van der Waals surface area contributed by atoms with E-state index in [1.165, 1.54) is 85.7 Å². The SMILES string of the molecule is CC(=O)O[C@@]12COC1C[C@H](O)C1(C)C(=O)[C@H](O)C3=C(C)[C@@H](OC(=O)[C@H](OC(=O)CCCCN4C(=O)C=CC4=O)[C@@H](NC(=O)OC(C)(C)C)c4ccccc4)C[C@@](O)([C@@H](OC(=O)c4ccccc4)C12)C3(C)C.CSC1=CC(=O)N(CCCCC(=O)O[C@@H](C(=O)O[C@H]2C[C@@]3(O)[C@@H](OC(=O)c4ccccc4)C4C(C)(C(=O)[C@H](O)C(=C2C)C3(C)C)[C@@H](O)CC2OC[C@]24OC(C)=O)[C@@H](NC(=O)OC(C)(C)C)c2ccccc2)C1=O. The number of thioether (sulfide) groups is 1. The third kappa shape index (κ3) is 20.9. The molecule has 6 amide bonds. The van der Waals surface area contributed by atoms with Gasteiger partial charge in [0.1, 0.15) is 83.3 Å². The first-order valence-corrected chi connectivity index (χ1v) is 49.1. The van der Waals surface area contributed by atoms with E-state index >= 15 is 19.2 Å². The summed E-state index contributed by atoms with van der Waals surface area (Å²) in [5.74, 6) is -15.0. The molecule has 4 aromatic rings. The number of fused-ring (bicyclic) bond motifs is 10. The number of esters is 8. The number of carbonyl (C=O) groups excluding carboxylic acids is 16. The molecule has 4 saturated carbocycles. The summed E-state index contributed by atoms with van der Waals surface area (Å²) in [5, 5.41) is 81.7. The number of carbonyl (C=O) groups is 16. The molecule has 776 valence electrons. The summed E-state index contributed by atoms with van der Waals surface area (Å²) in [6.07, 6.45) is -18.9. The van der Waals surface area contributed by atoms with E-state index in [2.05, 4.69) is 10.6 Å². The average Bonchev–Trinajstić information content (AvgIpc) is 0.715. The van der Waals surface area contributed by atoms with Gasteiger partial charge in [0.05, 0.1) is 64.1 Å². The van der Waals surface area contributed by atoms with Crippen LogP contribution in [0.15, 0.2) is 167 Å². The molecule has 6 fully saturated rings. The summed E-state index contributed by atoms with van der Waals surface area (Å²) in [6, 6.07) is 28.6. The highest BCUT2D eigenvalue weighted by atomic mass is 32.2. The third-order valence-corrected chi connectivity index (χ3v) is 30.5. The number of aliphatic hydroxyl groups is 6. The van der Waals surface area contributed by atoms with Crippen molar-refractivity contribution >= 4 is 107 Å². The zero-order valence-electron chi connectivity index (χ0n) is 83.3. The minimum atomic E-state index is -2.46. The first-order valence-electron chi connectivity index (χ1n) is 47.8. The van der Waals surface area contributed by atoms with Gasteiger partial charge in [0, 0.05) is 94.5 Å². The van der Waals surface area contributed by atoms with Crippen molar-refractivity contribution in [2.45, 2.75) is 294 Å².